The van der Waals surface area contributed by atoms with Crippen LogP contribution in [0.15, 0.2) is 54.8 Å². The van der Waals surface area contributed by atoms with Gasteiger partial charge in [0.1, 0.15) is 23.6 Å². The standard InChI is InChI=1S/C21H20F3N5O3S/c1-4-6-32-18-11-26-17(10-27-18)15(22)8-13-7-14(19(24)16(23)9-13)21(5-2)12-33(30,31)29(3)20(25)28-21/h4-5,7-11H,1-2,6,12H2,3H3,(H2,25,28)/b15-8-/t21-/m0/s1. The molecule has 0 aliphatic carbocycles. The lowest BCUT2D eigenvalue weighted by Gasteiger charge is -2.35. The molecule has 12 heteroatoms. The van der Waals surface area contributed by atoms with Gasteiger partial charge in [0.15, 0.2) is 17.5 Å². The van der Waals surface area contributed by atoms with Crippen molar-refractivity contribution in [1.82, 2.24) is 14.3 Å². The van der Waals surface area contributed by atoms with Crippen molar-refractivity contribution in [3.63, 3.8) is 0 Å². The highest BCUT2D eigenvalue weighted by Gasteiger charge is 2.43. The van der Waals surface area contributed by atoms with E-state index >= 15 is 0 Å². The molecule has 8 nitrogen and oxygen atoms in total. The Balaban J connectivity index is 2.06. The van der Waals surface area contributed by atoms with Crippen LogP contribution in [0.5, 0.6) is 5.88 Å². The second-order valence-corrected chi connectivity index (χ2v) is 9.02. The summed E-state index contributed by atoms with van der Waals surface area (Å²) in [5.41, 5.74) is 3.03. The fraction of sp³-hybridized carbons (Fsp3) is 0.190. The zero-order valence-corrected chi connectivity index (χ0v) is 18.3. The number of aliphatic imine (C=N–C) groups is 1. The van der Waals surface area contributed by atoms with Gasteiger partial charge in [0.05, 0.1) is 12.4 Å². The third-order valence-corrected chi connectivity index (χ3v) is 6.65. The van der Waals surface area contributed by atoms with E-state index in [2.05, 4.69) is 28.1 Å². The minimum atomic E-state index is -4.01. The average Bonchev–Trinajstić information content (AvgIpc) is 2.78. The quantitative estimate of drug-likeness (QED) is 0.612. The second-order valence-electron chi connectivity index (χ2n) is 7.02. The van der Waals surface area contributed by atoms with Crippen molar-refractivity contribution in [2.45, 2.75) is 5.54 Å². The Bertz CT molecular complexity index is 1260. The Morgan fingerprint density at radius 2 is 2.03 bits per heavy atom. The van der Waals surface area contributed by atoms with Crippen LogP contribution in [0.1, 0.15) is 16.8 Å². The molecule has 2 N–H and O–H groups in total. The molecule has 1 aromatic heterocycles. The minimum Gasteiger partial charge on any atom is -0.472 e. The third kappa shape index (κ3) is 4.75. The molecule has 0 spiro atoms. The van der Waals surface area contributed by atoms with Crippen molar-refractivity contribution in [2.75, 3.05) is 19.4 Å². The van der Waals surface area contributed by atoms with E-state index in [-0.39, 0.29) is 23.7 Å². The molecular formula is C21H20F3N5O3S. The van der Waals surface area contributed by atoms with Gasteiger partial charge in [-0.1, -0.05) is 18.7 Å². The van der Waals surface area contributed by atoms with Gasteiger partial charge in [-0.2, -0.15) is 0 Å². The highest BCUT2D eigenvalue weighted by atomic mass is 32.2. The van der Waals surface area contributed by atoms with Gasteiger partial charge >= 0.3 is 0 Å². The summed E-state index contributed by atoms with van der Waals surface area (Å²) in [5.74, 6) is -4.62. The lowest BCUT2D eigenvalue weighted by atomic mass is 9.90. The normalized spacial score (nSPS) is 20.2. The fourth-order valence-electron chi connectivity index (χ4n) is 3.06. The molecular weight excluding hydrogens is 459 g/mol. The fourth-order valence-corrected chi connectivity index (χ4v) is 4.48. The number of hydrogen-bond donors (Lipinski definition) is 1. The van der Waals surface area contributed by atoms with Gasteiger partial charge in [0, 0.05) is 12.6 Å². The summed E-state index contributed by atoms with van der Waals surface area (Å²) in [6.45, 7) is 7.22. The summed E-state index contributed by atoms with van der Waals surface area (Å²) in [6.07, 6.45) is 5.74. The number of ether oxygens (including phenoxy) is 1. The van der Waals surface area contributed by atoms with Gasteiger partial charge in [0.25, 0.3) is 0 Å². The highest BCUT2D eigenvalue weighted by molar-refractivity contribution is 7.89. The van der Waals surface area contributed by atoms with Gasteiger partial charge < -0.3 is 10.5 Å². The van der Waals surface area contributed by atoms with Gasteiger partial charge in [-0.05, 0) is 23.8 Å². The van der Waals surface area contributed by atoms with Crippen molar-refractivity contribution in [2.24, 2.45) is 10.7 Å². The van der Waals surface area contributed by atoms with Crippen molar-refractivity contribution in [1.29, 1.82) is 0 Å². The van der Waals surface area contributed by atoms with Crippen LogP contribution in [-0.4, -0.2) is 48.1 Å². The summed E-state index contributed by atoms with van der Waals surface area (Å²) in [7, 11) is -2.82. The topological polar surface area (TPSA) is 111 Å². The van der Waals surface area contributed by atoms with Crippen LogP contribution < -0.4 is 10.5 Å². The van der Waals surface area contributed by atoms with E-state index in [1.165, 1.54) is 19.3 Å². The van der Waals surface area contributed by atoms with Crippen LogP contribution in [0.25, 0.3) is 11.9 Å². The molecule has 2 aromatic rings. The SMILES string of the molecule is C=CCOc1cnc(/C(F)=C/c2cc(F)c(F)c([C@]3(C=C)CS(=O)(=O)N(C)C(N)=N3)c2)cn1. The van der Waals surface area contributed by atoms with E-state index in [0.29, 0.717) is 0 Å². The van der Waals surface area contributed by atoms with E-state index in [1.54, 1.807) is 0 Å². The Morgan fingerprint density at radius 1 is 1.30 bits per heavy atom. The zero-order chi connectivity index (χ0) is 24.4. The molecule has 0 bridgehead atoms. The van der Waals surface area contributed by atoms with Crippen LogP contribution in [0, 0.1) is 11.6 Å². The minimum absolute atomic E-state index is 0.110. The van der Waals surface area contributed by atoms with E-state index in [9.17, 15) is 21.6 Å². The van der Waals surface area contributed by atoms with Crippen LogP contribution in [-0.2, 0) is 15.6 Å². The van der Waals surface area contributed by atoms with Crippen LogP contribution in [0.4, 0.5) is 13.2 Å². The Morgan fingerprint density at radius 3 is 2.61 bits per heavy atom. The zero-order valence-electron chi connectivity index (χ0n) is 17.5. The maximum atomic E-state index is 14.8. The average molecular weight is 479 g/mol. The van der Waals surface area contributed by atoms with Crippen molar-refractivity contribution >= 4 is 27.9 Å². The summed E-state index contributed by atoms with van der Waals surface area (Å²) in [5, 5.41) is 0. The van der Waals surface area contributed by atoms with Crippen LogP contribution in [0.2, 0.25) is 0 Å². The van der Waals surface area contributed by atoms with Gasteiger partial charge in [-0.15, -0.1) is 6.58 Å². The summed E-state index contributed by atoms with van der Waals surface area (Å²) in [4.78, 5) is 11.8. The first kappa shape index (κ1) is 24.0. The lowest BCUT2D eigenvalue weighted by Crippen LogP contribution is -2.51. The van der Waals surface area contributed by atoms with Gasteiger partial charge in [0.2, 0.25) is 21.9 Å². The van der Waals surface area contributed by atoms with Crippen molar-refractivity contribution in [3.05, 3.63) is 78.3 Å². The first-order valence-corrected chi connectivity index (χ1v) is 11.0. The number of rotatable bonds is 7. The molecule has 33 heavy (non-hydrogen) atoms. The third-order valence-electron chi connectivity index (χ3n) is 4.83. The maximum Gasteiger partial charge on any atom is 0.240 e. The van der Waals surface area contributed by atoms with Crippen molar-refractivity contribution in [3.8, 4) is 5.88 Å². The molecule has 174 valence electrons. The second kappa shape index (κ2) is 9.06. The molecule has 0 radical (unpaired) electrons. The number of sulfonamides is 1. The highest BCUT2D eigenvalue weighted by Crippen LogP contribution is 2.36. The predicted octanol–water partition coefficient (Wildman–Crippen LogP) is 2.76. The van der Waals surface area contributed by atoms with Gasteiger partial charge in [-0.3, -0.25) is 0 Å². The van der Waals surface area contributed by atoms with Gasteiger partial charge in [-0.25, -0.2) is 40.9 Å². The first-order chi connectivity index (χ1) is 15.5. The number of aromatic nitrogens is 2. The summed E-state index contributed by atoms with van der Waals surface area (Å²) >= 11 is 0. The molecule has 0 fully saturated rings. The number of benzene rings is 1. The largest absolute Gasteiger partial charge is 0.472 e. The number of hydrogen-bond acceptors (Lipinski definition) is 7. The summed E-state index contributed by atoms with van der Waals surface area (Å²) < 4.78 is 74.8. The molecule has 0 saturated carbocycles. The maximum absolute atomic E-state index is 14.8. The number of guanidine groups is 1. The smallest absolute Gasteiger partial charge is 0.240 e. The molecule has 0 amide bonds. The number of nitrogens with two attached hydrogens (primary N) is 1. The van der Waals surface area contributed by atoms with E-state index in [4.69, 9.17) is 10.5 Å². The Kier molecular flexibility index (Phi) is 6.58. The Labute approximate surface area is 188 Å². The first-order valence-electron chi connectivity index (χ1n) is 9.41. The molecule has 1 aliphatic heterocycles. The van der Waals surface area contributed by atoms with Crippen molar-refractivity contribution < 1.29 is 26.3 Å². The number of nitrogens with zero attached hydrogens (tertiary/aromatic N) is 4. The van der Waals surface area contributed by atoms with Crippen LogP contribution >= 0.6 is 0 Å². The van der Waals surface area contributed by atoms with E-state index in [1.807, 2.05) is 0 Å². The molecule has 1 aromatic carbocycles. The number of halogens is 3. The monoisotopic (exact) mass is 479 g/mol. The molecule has 0 saturated heterocycles. The van der Waals surface area contributed by atoms with Crippen LogP contribution in [0.3, 0.4) is 0 Å². The Hall–Kier alpha value is -3.67. The lowest BCUT2D eigenvalue weighted by molar-refractivity contribution is 0.347. The summed E-state index contributed by atoms with van der Waals surface area (Å²) in [6, 6.07) is 1.83. The molecule has 2 heterocycles. The molecule has 1 aliphatic rings. The molecule has 3 rings (SSSR count). The van der Waals surface area contributed by atoms with E-state index < -0.39 is 50.3 Å². The predicted molar refractivity (Wildman–Crippen MR) is 118 cm³/mol. The molecule has 1 atom stereocenters. The van der Waals surface area contributed by atoms with E-state index in [0.717, 1.165) is 34.8 Å². The molecule has 0 unspecified atom stereocenters.